The Labute approximate surface area is 176 Å². The van der Waals surface area contributed by atoms with Crippen LogP contribution in [0.25, 0.3) is 0 Å². The minimum Gasteiger partial charge on any atom is -0.489 e. The molecule has 1 aromatic carbocycles. The van der Waals surface area contributed by atoms with E-state index in [9.17, 15) is 4.79 Å². The zero-order chi connectivity index (χ0) is 21.3. The molecule has 0 bridgehead atoms. The van der Waals surface area contributed by atoms with Crippen LogP contribution in [0.4, 0.5) is 0 Å². The number of aromatic nitrogens is 2. The summed E-state index contributed by atoms with van der Waals surface area (Å²) in [5.74, 6) is 1.70. The highest BCUT2D eigenvalue weighted by Crippen LogP contribution is 2.19. The molecule has 3 aromatic rings. The number of pyridine rings is 1. The maximum Gasteiger partial charge on any atom is 0.251 e. The number of nitrogens with zero attached hydrogens (tertiary/aromatic N) is 2. The van der Waals surface area contributed by atoms with Crippen molar-refractivity contribution < 1.29 is 18.8 Å². The van der Waals surface area contributed by atoms with E-state index in [1.165, 1.54) is 0 Å². The predicted molar refractivity (Wildman–Crippen MR) is 113 cm³/mol. The van der Waals surface area contributed by atoms with Crippen LogP contribution in [0.5, 0.6) is 11.6 Å². The summed E-state index contributed by atoms with van der Waals surface area (Å²) in [6.07, 6.45) is 3.70. The molecule has 3 rings (SSSR count). The average molecular weight is 409 g/mol. The summed E-state index contributed by atoms with van der Waals surface area (Å²) in [5, 5.41) is 6.85. The first-order chi connectivity index (χ1) is 14.6. The molecule has 1 amide bonds. The van der Waals surface area contributed by atoms with Crippen molar-refractivity contribution in [3.63, 3.8) is 0 Å². The molecule has 0 fully saturated rings. The first-order valence-electron chi connectivity index (χ1n) is 10.1. The van der Waals surface area contributed by atoms with Gasteiger partial charge in [-0.1, -0.05) is 30.6 Å². The van der Waals surface area contributed by atoms with Crippen LogP contribution < -0.4 is 14.8 Å². The molecule has 0 aliphatic carbocycles. The van der Waals surface area contributed by atoms with Gasteiger partial charge in [-0.05, 0) is 44.5 Å². The molecule has 30 heavy (non-hydrogen) atoms. The Kier molecular flexibility index (Phi) is 7.43. The fourth-order valence-corrected chi connectivity index (χ4v) is 2.87. The third kappa shape index (κ3) is 5.59. The summed E-state index contributed by atoms with van der Waals surface area (Å²) >= 11 is 0. The van der Waals surface area contributed by atoms with Crippen LogP contribution in [-0.2, 0) is 13.2 Å². The van der Waals surface area contributed by atoms with Gasteiger partial charge in [-0.3, -0.25) is 4.79 Å². The number of ether oxygens (including phenoxy) is 2. The van der Waals surface area contributed by atoms with E-state index in [0.29, 0.717) is 37.0 Å². The van der Waals surface area contributed by atoms with E-state index < -0.39 is 0 Å². The molecule has 0 atom stereocenters. The first kappa shape index (κ1) is 21.4. The smallest absolute Gasteiger partial charge is 0.251 e. The van der Waals surface area contributed by atoms with Crippen LogP contribution in [0, 0.1) is 13.8 Å². The number of benzene rings is 1. The van der Waals surface area contributed by atoms with Gasteiger partial charge in [0.05, 0.1) is 17.9 Å². The molecule has 2 heterocycles. The van der Waals surface area contributed by atoms with Gasteiger partial charge in [-0.2, -0.15) is 0 Å². The normalized spacial score (nSPS) is 10.6. The second-order valence-electron chi connectivity index (χ2n) is 6.97. The molecule has 1 N–H and O–H groups in total. The van der Waals surface area contributed by atoms with Crippen molar-refractivity contribution in [3.8, 4) is 11.6 Å². The highest BCUT2D eigenvalue weighted by atomic mass is 16.5. The molecule has 7 heteroatoms. The monoisotopic (exact) mass is 409 g/mol. The topological polar surface area (TPSA) is 86.5 Å². The number of carbonyl (C=O) groups excluding carboxylic acids is 1. The standard InChI is InChI=1S/C23H27N3O4/c1-4-5-12-28-23-19(9-7-11-24-23)14-25-22(27)18-8-6-10-20(13-18)29-15-21-16(2)26-30-17(21)3/h6-11,13H,4-5,12,14-15H2,1-3H3,(H,25,27). The van der Waals surface area contributed by atoms with Crippen LogP contribution in [-0.4, -0.2) is 22.7 Å². The van der Waals surface area contributed by atoms with Crippen LogP contribution in [0.15, 0.2) is 47.1 Å². The Bertz CT molecular complexity index is 965. The van der Waals surface area contributed by atoms with Crippen LogP contribution in [0.2, 0.25) is 0 Å². The van der Waals surface area contributed by atoms with Crippen LogP contribution in [0.1, 0.15) is 52.7 Å². The van der Waals surface area contributed by atoms with E-state index >= 15 is 0 Å². The van der Waals surface area contributed by atoms with E-state index in [0.717, 1.165) is 35.4 Å². The van der Waals surface area contributed by atoms with Crippen molar-refractivity contribution in [1.29, 1.82) is 0 Å². The summed E-state index contributed by atoms with van der Waals surface area (Å²) in [4.78, 5) is 16.9. The molecule has 0 spiro atoms. The van der Waals surface area contributed by atoms with Gasteiger partial charge in [0.2, 0.25) is 5.88 Å². The summed E-state index contributed by atoms with van der Waals surface area (Å²) in [6, 6.07) is 10.8. The first-order valence-corrected chi connectivity index (χ1v) is 10.1. The highest BCUT2D eigenvalue weighted by molar-refractivity contribution is 5.94. The lowest BCUT2D eigenvalue weighted by molar-refractivity contribution is 0.0950. The maximum atomic E-state index is 12.6. The van der Waals surface area contributed by atoms with Gasteiger partial charge in [0.15, 0.2) is 0 Å². The van der Waals surface area contributed by atoms with E-state index in [1.807, 2.05) is 32.0 Å². The molecule has 0 unspecified atom stereocenters. The van der Waals surface area contributed by atoms with Gasteiger partial charge in [-0.25, -0.2) is 4.98 Å². The second-order valence-corrected chi connectivity index (χ2v) is 6.97. The highest BCUT2D eigenvalue weighted by Gasteiger charge is 2.12. The third-order valence-electron chi connectivity index (χ3n) is 4.69. The van der Waals surface area contributed by atoms with E-state index in [4.69, 9.17) is 14.0 Å². The van der Waals surface area contributed by atoms with Crippen LogP contribution >= 0.6 is 0 Å². The number of hydrogen-bond acceptors (Lipinski definition) is 6. The molecular formula is C23H27N3O4. The molecule has 0 saturated heterocycles. The molecule has 7 nitrogen and oxygen atoms in total. The predicted octanol–water partition coefficient (Wildman–Crippen LogP) is 4.37. The largest absolute Gasteiger partial charge is 0.489 e. The Morgan fingerprint density at radius 1 is 1.17 bits per heavy atom. The van der Waals surface area contributed by atoms with Crippen molar-refractivity contribution in [1.82, 2.24) is 15.5 Å². The number of unbranched alkanes of at least 4 members (excludes halogenated alkanes) is 1. The zero-order valence-corrected chi connectivity index (χ0v) is 17.6. The lowest BCUT2D eigenvalue weighted by Gasteiger charge is -2.11. The van der Waals surface area contributed by atoms with Crippen molar-refractivity contribution in [2.45, 2.75) is 46.8 Å². The van der Waals surface area contributed by atoms with Gasteiger partial charge in [0.25, 0.3) is 5.91 Å². The number of nitrogens with one attached hydrogen (secondary N) is 1. The van der Waals surface area contributed by atoms with Gasteiger partial charge in [0.1, 0.15) is 18.1 Å². The SMILES string of the molecule is CCCCOc1ncccc1CNC(=O)c1cccc(OCc2c(C)noc2C)c1. The second kappa shape index (κ2) is 10.4. The maximum absolute atomic E-state index is 12.6. The van der Waals surface area contributed by atoms with Gasteiger partial charge in [0, 0.05) is 23.9 Å². The Balaban J connectivity index is 1.59. The number of rotatable bonds is 10. The average Bonchev–Trinajstić information content (AvgIpc) is 3.09. The molecule has 158 valence electrons. The molecule has 0 aliphatic heterocycles. The third-order valence-corrected chi connectivity index (χ3v) is 4.69. The van der Waals surface area contributed by atoms with E-state index in [2.05, 4.69) is 22.4 Å². The van der Waals surface area contributed by atoms with Crippen molar-refractivity contribution >= 4 is 5.91 Å². The fraction of sp³-hybridized carbons (Fsp3) is 0.348. The molecule has 0 saturated carbocycles. The quantitative estimate of drug-likeness (QED) is 0.500. The molecule has 2 aromatic heterocycles. The van der Waals surface area contributed by atoms with Gasteiger partial charge in [-0.15, -0.1) is 0 Å². The van der Waals surface area contributed by atoms with Crippen LogP contribution in [0.3, 0.4) is 0 Å². The van der Waals surface area contributed by atoms with Gasteiger partial charge < -0.3 is 19.3 Å². The summed E-state index contributed by atoms with van der Waals surface area (Å²) in [7, 11) is 0. The summed E-state index contributed by atoms with van der Waals surface area (Å²) < 4.78 is 16.7. The summed E-state index contributed by atoms with van der Waals surface area (Å²) in [5.41, 5.74) is 3.07. The number of aryl methyl sites for hydroxylation is 2. The lowest BCUT2D eigenvalue weighted by atomic mass is 10.2. The molecular weight excluding hydrogens is 382 g/mol. The van der Waals surface area contributed by atoms with E-state index in [-0.39, 0.29) is 5.91 Å². The number of hydrogen-bond donors (Lipinski definition) is 1. The zero-order valence-electron chi connectivity index (χ0n) is 17.6. The molecule has 0 radical (unpaired) electrons. The fourth-order valence-electron chi connectivity index (χ4n) is 2.87. The number of amides is 1. The van der Waals surface area contributed by atoms with Gasteiger partial charge >= 0.3 is 0 Å². The molecule has 0 aliphatic rings. The van der Waals surface area contributed by atoms with Crippen molar-refractivity contribution in [3.05, 3.63) is 70.7 Å². The van der Waals surface area contributed by atoms with Crippen molar-refractivity contribution in [2.24, 2.45) is 0 Å². The van der Waals surface area contributed by atoms with E-state index in [1.54, 1.807) is 24.4 Å². The Morgan fingerprint density at radius 3 is 2.80 bits per heavy atom. The summed E-state index contributed by atoms with van der Waals surface area (Å²) in [6.45, 7) is 7.10. The van der Waals surface area contributed by atoms with Crippen molar-refractivity contribution in [2.75, 3.05) is 6.61 Å². The number of carbonyl (C=O) groups is 1. The lowest BCUT2D eigenvalue weighted by Crippen LogP contribution is -2.23. The Hall–Kier alpha value is -3.35. The minimum atomic E-state index is -0.193. The Morgan fingerprint density at radius 2 is 2.03 bits per heavy atom. The minimum absolute atomic E-state index is 0.193.